The lowest BCUT2D eigenvalue weighted by atomic mass is 10.1. The molecule has 32 heavy (non-hydrogen) atoms. The molecule has 0 saturated carbocycles. The van der Waals surface area contributed by atoms with Crippen LogP contribution in [0.1, 0.15) is 45.6 Å². The number of rotatable bonds is 12. The normalized spacial score (nSPS) is 12.7. The Kier molecular flexibility index (Phi) is 10.9. The van der Waals surface area contributed by atoms with Gasteiger partial charge in [-0.05, 0) is 74.4 Å². The van der Waals surface area contributed by atoms with Crippen molar-refractivity contribution >= 4 is 35.2 Å². The number of carbonyl (C=O) groups is 2. The van der Waals surface area contributed by atoms with Crippen molar-refractivity contribution in [2.75, 3.05) is 12.9 Å². The van der Waals surface area contributed by atoms with Crippen LogP contribution in [0.3, 0.4) is 0 Å². The average Bonchev–Trinajstić information content (AvgIpc) is 2.81. The quantitative estimate of drug-likeness (QED) is 0.322. The lowest BCUT2D eigenvalue weighted by molar-refractivity contribution is -0.140. The molecule has 0 saturated heterocycles. The van der Waals surface area contributed by atoms with Crippen LogP contribution in [-0.4, -0.2) is 41.7 Å². The fraction of sp³-hybridized carbons (Fsp3) is 0.440. The van der Waals surface area contributed by atoms with E-state index in [0.717, 1.165) is 34.8 Å². The molecule has 7 heteroatoms. The second-order valence-electron chi connectivity index (χ2n) is 7.77. The monoisotopic (exact) mass is 476 g/mol. The first-order valence-electron chi connectivity index (χ1n) is 10.9. The predicted octanol–water partition coefficient (Wildman–Crippen LogP) is 5.55. The van der Waals surface area contributed by atoms with E-state index in [2.05, 4.69) is 5.32 Å². The van der Waals surface area contributed by atoms with Gasteiger partial charge in [-0.2, -0.15) is 0 Å². The van der Waals surface area contributed by atoms with E-state index in [-0.39, 0.29) is 17.9 Å². The van der Waals surface area contributed by atoms with E-state index in [0.29, 0.717) is 18.0 Å². The van der Waals surface area contributed by atoms with Gasteiger partial charge in [0.05, 0.1) is 7.11 Å². The van der Waals surface area contributed by atoms with Gasteiger partial charge in [-0.3, -0.25) is 9.59 Å². The molecule has 0 aliphatic rings. The van der Waals surface area contributed by atoms with E-state index in [1.54, 1.807) is 30.7 Å². The molecule has 1 N–H and O–H groups in total. The number of benzene rings is 2. The maximum absolute atomic E-state index is 13.1. The highest BCUT2D eigenvalue weighted by Gasteiger charge is 2.26. The number of ether oxygens (including phenoxy) is 1. The minimum atomic E-state index is -0.553. The van der Waals surface area contributed by atoms with Crippen LogP contribution in [0.2, 0.25) is 5.02 Å². The third-order valence-electron chi connectivity index (χ3n) is 5.30. The second kappa shape index (κ2) is 13.4. The van der Waals surface area contributed by atoms with Crippen molar-refractivity contribution in [3.8, 4) is 5.75 Å². The van der Waals surface area contributed by atoms with Crippen LogP contribution in [0.4, 0.5) is 0 Å². The number of thioether (sulfide) groups is 1. The molecule has 2 atom stereocenters. The number of amides is 2. The first-order valence-corrected chi connectivity index (χ1v) is 12.3. The summed E-state index contributed by atoms with van der Waals surface area (Å²) in [7, 11) is 1.62. The Labute approximate surface area is 200 Å². The highest BCUT2D eigenvalue weighted by molar-refractivity contribution is 7.99. The maximum atomic E-state index is 13.1. The van der Waals surface area contributed by atoms with Crippen LogP contribution >= 0.6 is 23.4 Å². The van der Waals surface area contributed by atoms with Crippen molar-refractivity contribution in [2.45, 2.75) is 63.6 Å². The molecule has 0 spiro atoms. The molecule has 2 rings (SSSR count). The Bertz CT molecular complexity index is 858. The Balaban J connectivity index is 2.01. The standard InChI is InChI=1S/C25H33ClN2O3S/c1-5-18(2)27-25(30)19(3)28(17-20-8-12-22(31-4)13-9-20)24(29)7-6-16-32-23-14-10-21(26)11-15-23/h8-15,18-19H,5-7,16-17H2,1-4H3,(H,27,30)/t18-,19-/m1/s1. The fourth-order valence-electron chi connectivity index (χ4n) is 3.06. The van der Waals surface area contributed by atoms with E-state index in [4.69, 9.17) is 16.3 Å². The lowest BCUT2D eigenvalue weighted by Crippen LogP contribution is -2.49. The molecular formula is C25H33ClN2O3S. The van der Waals surface area contributed by atoms with Gasteiger partial charge in [-0.25, -0.2) is 0 Å². The molecule has 0 unspecified atom stereocenters. The zero-order chi connectivity index (χ0) is 23.5. The van der Waals surface area contributed by atoms with E-state index in [9.17, 15) is 9.59 Å². The minimum Gasteiger partial charge on any atom is -0.497 e. The molecule has 2 aromatic carbocycles. The van der Waals surface area contributed by atoms with Crippen molar-refractivity contribution < 1.29 is 14.3 Å². The molecular weight excluding hydrogens is 444 g/mol. The highest BCUT2D eigenvalue weighted by Crippen LogP contribution is 2.22. The van der Waals surface area contributed by atoms with Crippen molar-refractivity contribution in [3.63, 3.8) is 0 Å². The smallest absolute Gasteiger partial charge is 0.242 e. The summed E-state index contributed by atoms with van der Waals surface area (Å²) < 4.78 is 5.22. The predicted molar refractivity (Wildman–Crippen MR) is 132 cm³/mol. The van der Waals surface area contributed by atoms with E-state index in [1.807, 2.05) is 62.4 Å². The van der Waals surface area contributed by atoms with Crippen LogP contribution in [0, 0.1) is 0 Å². The molecule has 0 aromatic heterocycles. The summed E-state index contributed by atoms with van der Waals surface area (Å²) in [6.07, 6.45) is 1.95. The van der Waals surface area contributed by atoms with Gasteiger partial charge >= 0.3 is 0 Å². The molecule has 0 heterocycles. The molecule has 5 nitrogen and oxygen atoms in total. The first kappa shape index (κ1) is 26.1. The van der Waals surface area contributed by atoms with Crippen LogP contribution in [0.5, 0.6) is 5.75 Å². The van der Waals surface area contributed by atoms with Crippen LogP contribution in [-0.2, 0) is 16.1 Å². The van der Waals surface area contributed by atoms with Gasteiger partial charge in [0.2, 0.25) is 11.8 Å². The third kappa shape index (κ3) is 8.40. The van der Waals surface area contributed by atoms with Gasteiger partial charge < -0.3 is 15.0 Å². The summed E-state index contributed by atoms with van der Waals surface area (Å²) >= 11 is 7.62. The number of methoxy groups -OCH3 is 1. The molecule has 0 aliphatic heterocycles. The zero-order valence-electron chi connectivity index (χ0n) is 19.3. The number of nitrogens with zero attached hydrogens (tertiary/aromatic N) is 1. The van der Waals surface area contributed by atoms with Gasteiger partial charge in [0.15, 0.2) is 0 Å². The summed E-state index contributed by atoms with van der Waals surface area (Å²) in [5.41, 5.74) is 0.956. The Morgan fingerprint density at radius 1 is 1.09 bits per heavy atom. The van der Waals surface area contributed by atoms with Gasteiger partial charge in [0.25, 0.3) is 0 Å². The minimum absolute atomic E-state index is 0.0238. The summed E-state index contributed by atoms with van der Waals surface area (Å²) in [6.45, 7) is 6.16. The largest absolute Gasteiger partial charge is 0.497 e. The van der Waals surface area contributed by atoms with Crippen LogP contribution < -0.4 is 10.1 Å². The molecule has 2 amide bonds. The van der Waals surface area contributed by atoms with E-state index in [1.165, 1.54) is 0 Å². The van der Waals surface area contributed by atoms with Gasteiger partial charge in [0.1, 0.15) is 11.8 Å². The van der Waals surface area contributed by atoms with Crippen molar-refractivity contribution in [2.24, 2.45) is 0 Å². The van der Waals surface area contributed by atoms with Crippen LogP contribution in [0.25, 0.3) is 0 Å². The summed E-state index contributed by atoms with van der Waals surface area (Å²) in [5.74, 6) is 1.42. The van der Waals surface area contributed by atoms with E-state index >= 15 is 0 Å². The second-order valence-corrected chi connectivity index (χ2v) is 9.37. The molecule has 0 fully saturated rings. The lowest BCUT2D eigenvalue weighted by Gasteiger charge is -2.30. The highest BCUT2D eigenvalue weighted by atomic mass is 35.5. The Hall–Kier alpha value is -2.18. The number of halogens is 1. The summed E-state index contributed by atoms with van der Waals surface area (Å²) in [5, 5.41) is 3.71. The number of hydrogen-bond donors (Lipinski definition) is 1. The van der Waals surface area contributed by atoms with Crippen LogP contribution in [0.15, 0.2) is 53.4 Å². The average molecular weight is 477 g/mol. The van der Waals surface area contributed by atoms with E-state index < -0.39 is 6.04 Å². The number of nitrogens with one attached hydrogen (secondary N) is 1. The van der Waals surface area contributed by atoms with Gasteiger partial charge in [0, 0.05) is 28.9 Å². The molecule has 2 aromatic rings. The first-order chi connectivity index (χ1) is 15.3. The van der Waals surface area contributed by atoms with Gasteiger partial charge in [-0.15, -0.1) is 11.8 Å². The number of hydrogen-bond acceptors (Lipinski definition) is 4. The molecule has 0 radical (unpaired) electrons. The van der Waals surface area contributed by atoms with Crippen molar-refractivity contribution in [1.82, 2.24) is 10.2 Å². The number of carbonyl (C=O) groups excluding carboxylic acids is 2. The van der Waals surface area contributed by atoms with Crippen molar-refractivity contribution in [1.29, 1.82) is 0 Å². The maximum Gasteiger partial charge on any atom is 0.242 e. The molecule has 174 valence electrons. The Morgan fingerprint density at radius 3 is 2.34 bits per heavy atom. The Morgan fingerprint density at radius 2 is 1.75 bits per heavy atom. The zero-order valence-corrected chi connectivity index (χ0v) is 20.8. The SMILES string of the molecule is CC[C@@H](C)NC(=O)[C@@H](C)N(Cc1ccc(OC)cc1)C(=O)CCCSc1ccc(Cl)cc1. The molecule has 0 bridgehead atoms. The topological polar surface area (TPSA) is 58.6 Å². The fourth-order valence-corrected chi connectivity index (χ4v) is 4.04. The van der Waals surface area contributed by atoms with Crippen molar-refractivity contribution in [3.05, 3.63) is 59.1 Å². The third-order valence-corrected chi connectivity index (χ3v) is 6.65. The summed E-state index contributed by atoms with van der Waals surface area (Å²) in [6, 6.07) is 14.8. The summed E-state index contributed by atoms with van der Waals surface area (Å²) in [4.78, 5) is 28.7. The van der Waals surface area contributed by atoms with Gasteiger partial charge in [-0.1, -0.05) is 30.7 Å². The molecule has 0 aliphatic carbocycles.